The van der Waals surface area contributed by atoms with Gasteiger partial charge in [-0.15, -0.1) is 0 Å². The Morgan fingerprint density at radius 3 is 0.633 bits per heavy atom. The second kappa shape index (κ2) is 41.9. The third-order valence-corrected chi connectivity index (χ3v) is 21.2. The number of anilines is 11. The van der Waals surface area contributed by atoms with Crippen LogP contribution in [0, 0.1) is 0 Å². The van der Waals surface area contributed by atoms with Crippen LogP contribution in [0.4, 0.5) is 63.0 Å². The molecular weight excluding hydrogens is 1810 g/mol. The average molecular weight is 1890 g/mol. The molecule has 9 heterocycles. The highest BCUT2D eigenvalue weighted by Crippen LogP contribution is 2.38. The van der Waals surface area contributed by atoms with Gasteiger partial charge in [-0.2, -0.15) is 0 Å². The summed E-state index contributed by atoms with van der Waals surface area (Å²) in [5, 5.41) is 8.86. The van der Waals surface area contributed by atoms with Gasteiger partial charge >= 0.3 is 0 Å². The molecule has 12 aromatic carbocycles. The van der Waals surface area contributed by atoms with E-state index in [1.807, 2.05) is 133 Å². The molecule has 21 rings (SSSR count). The highest BCUT2D eigenvalue weighted by Gasteiger charge is 2.41. The Kier molecular flexibility index (Phi) is 28.9. The zero-order valence-electron chi connectivity index (χ0n) is 74.3. The summed E-state index contributed by atoms with van der Waals surface area (Å²) in [6.07, 6.45) is 0. The van der Waals surface area contributed by atoms with Gasteiger partial charge in [-0.3, -0.25) is 62.3 Å². The van der Waals surface area contributed by atoms with E-state index in [-0.39, 0.29) is 50.4 Å². The van der Waals surface area contributed by atoms with Crippen molar-refractivity contribution in [2.45, 2.75) is 41.5 Å². The number of nitrogens with two attached hydrogens (primary N) is 6. The topological polar surface area (TPSA) is 556 Å². The summed E-state index contributed by atoms with van der Waals surface area (Å²) in [6.45, 7) is 12.0. The van der Waals surface area contributed by atoms with E-state index in [1.54, 1.807) is 176 Å². The zero-order chi connectivity index (χ0) is 99.3. The normalized spacial score (nSPS) is 12.3. The molecule has 13 amide bonds. The fraction of sp³-hybridized carbons (Fsp3) is 0.0594. The van der Waals surface area contributed by atoms with Gasteiger partial charge in [0.2, 0.25) is 0 Å². The van der Waals surface area contributed by atoms with Crippen LogP contribution in [0.2, 0.25) is 10.3 Å². The Bertz CT molecular complexity index is 7380. The molecule has 690 valence electrons. The minimum absolute atomic E-state index is 0.00941. The van der Waals surface area contributed by atoms with Gasteiger partial charge in [0.15, 0.2) is 56.2 Å². The molecular formula is C101H79Cl2N23O13. The lowest BCUT2D eigenvalue weighted by molar-refractivity contribution is 0.0910. The van der Waals surface area contributed by atoms with Gasteiger partial charge in [-0.25, -0.2) is 69.4 Å². The number of amides is 13. The zero-order valence-corrected chi connectivity index (χ0v) is 75.9. The van der Waals surface area contributed by atoms with Crippen LogP contribution in [0.5, 0.6) is 0 Å². The van der Waals surface area contributed by atoms with Gasteiger partial charge in [-0.1, -0.05) is 168 Å². The summed E-state index contributed by atoms with van der Waals surface area (Å²) in [7, 11) is 0. The van der Waals surface area contributed by atoms with E-state index in [9.17, 15) is 62.3 Å². The number of hydrogen-bond donors (Lipinski definition) is 9. The minimum Gasteiger partial charge on any atom is -0.399 e. The van der Waals surface area contributed by atoms with E-state index in [0.29, 0.717) is 145 Å². The standard InChI is InChI=1S/2C23H15N5O3.2C17H9ClN4O3.C15H13N5O.3C2H6/c2*24-20(29)19-21(25-13-6-2-1-3-7-13)27-18-12-14(10-11-17(18)26-19)28-22(30)15-8-4-5-9-16(15)23(28)31;2*18-14-13(15(19)23)20-11-6-5-8(7-12(11)21-14)22-16(24)9-3-1-2-4-10(9)17(22)25;16-9-6-7-11-12(8-9)20-15(13(19-11)14(17)21)18-10-4-2-1-3-5-10;3*1-2/h2*1-12H,(H2,24,29)(H,25,27);2*1-7H,(H2,19,23);1-8H,16H2,(H2,17,21)(H,18,20);3*1-2H3. The van der Waals surface area contributed by atoms with Crippen molar-refractivity contribution in [3.63, 3.8) is 0 Å². The van der Waals surface area contributed by atoms with Crippen LogP contribution in [0.1, 0.15) is 177 Å². The molecule has 15 N–H and O–H groups in total. The maximum Gasteiger partial charge on any atom is 0.271 e. The largest absolute Gasteiger partial charge is 0.399 e. The number of halogens is 2. The molecule has 17 aromatic rings. The number of para-hydroxylation sites is 3. The second-order valence-corrected chi connectivity index (χ2v) is 29.9. The monoisotopic (exact) mass is 1890 g/mol. The highest BCUT2D eigenvalue weighted by atomic mass is 35.5. The number of benzene rings is 12. The molecule has 0 unspecified atom stereocenters. The first-order chi connectivity index (χ1) is 67.1. The van der Waals surface area contributed by atoms with Crippen LogP contribution in [0.25, 0.3) is 55.2 Å². The Hall–Kier alpha value is -19.0. The number of carbonyl (C=O) groups is 13. The second-order valence-electron chi connectivity index (χ2n) is 29.2. The molecule has 0 aliphatic carbocycles. The van der Waals surface area contributed by atoms with E-state index >= 15 is 0 Å². The predicted octanol–water partition coefficient (Wildman–Crippen LogP) is 16.0. The van der Waals surface area contributed by atoms with Crippen molar-refractivity contribution in [1.29, 1.82) is 0 Å². The minimum atomic E-state index is -0.788. The van der Waals surface area contributed by atoms with E-state index in [2.05, 4.69) is 65.8 Å². The number of fused-ring (bicyclic) bond motifs is 9. The summed E-state index contributed by atoms with van der Waals surface area (Å²) >= 11 is 11.8. The van der Waals surface area contributed by atoms with Crippen molar-refractivity contribution in [1.82, 2.24) is 49.8 Å². The Morgan fingerprint density at radius 1 is 0.230 bits per heavy atom. The number of carbonyl (C=O) groups excluding carboxylic acids is 13. The van der Waals surface area contributed by atoms with Crippen LogP contribution in [-0.4, -0.2) is 127 Å². The molecule has 0 fully saturated rings. The average Bonchev–Trinajstić information content (AvgIpc) is 1.64. The van der Waals surface area contributed by atoms with Crippen molar-refractivity contribution >= 4 is 218 Å². The molecule has 139 heavy (non-hydrogen) atoms. The summed E-state index contributed by atoms with van der Waals surface area (Å²) < 4.78 is 0. The van der Waals surface area contributed by atoms with Crippen molar-refractivity contribution in [3.8, 4) is 0 Å². The number of hydrogen-bond acceptors (Lipinski definition) is 27. The van der Waals surface area contributed by atoms with Crippen LogP contribution in [0.15, 0.2) is 279 Å². The smallest absolute Gasteiger partial charge is 0.271 e. The molecule has 4 aliphatic heterocycles. The molecule has 38 heteroatoms. The number of aromatic nitrogens is 10. The first-order valence-electron chi connectivity index (χ1n) is 42.7. The predicted molar refractivity (Wildman–Crippen MR) is 528 cm³/mol. The first-order valence-corrected chi connectivity index (χ1v) is 43.4. The lowest BCUT2D eigenvalue weighted by Gasteiger charge is -2.15. The number of nitrogen functional groups attached to an aromatic ring is 1. The number of nitrogens with one attached hydrogen (secondary N) is 3. The summed E-state index contributed by atoms with van der Waals surface area (Å²) in [5.74, 6) is -6.21. The third-order valence-electron chi connectivity index (χ3n) is 20.7. The van der Waals surface area contributed by atoms with Crippen molar-refractivity contribution in [2.75, 3.05) is 41.3 Å². The fourth-order valence-corrected chi connectivity index (χ4v) is 15.0. The van der Waals surface area contributed by atoms with Gasteiger partial charge in [0.1, 0.15) is 0 Å². The molecule has 0 radical (unpaired) electrons. The molecule has 5 aromatic heterocycles. The lowest BCUT2D eigenvalue weighted by Crippen LogP contribution is -2.29. The number of nitrogens with zero attached hydrogens (tertiary/aromatic N) is 14. The van der Waals surface area contributed by atoms with Crippen LogP contribution >= 0.6 is 23.2 Å². The summed E-state index contributed by atoms with van der Waals surface area (Å²) in [5.41, 5.74) is 43.5. The maximum atomic E-state index is 12.8. The first kappa shape index (κ1) is 96.1. The molecule has 0 atom stereocenters. The van der Waals surface area contributed by atoms with Crippen molar-refractivity contribution in [2.24, 2.45) is 28.7 Å². The SMILES string of the molecule is CC.CC.CC.NC(=O)c1nc2ccc(N)cc2nc1Nc1ccccc1.NC(=O)c1nc2ccc(N3C(=O)c4ccccc4C3=O)cc2nc1Cl.NC(=O)c1nc2ccc(N3C(=O)c4ccccc4C3=O)cc2nc1Cl.NC(=O)c1nc2ccc(N3C(=O)c4ccccc4C3=O)cc2nc1Nc1ccccc1.NC(=O)c1nc2ccc(N3C(=O)c4ccccc4C3=O)cc2nc1Nc1ccccc1. The van der Waals surface area contributed by atoms with Gasteiger partial charge in [0.05, 0.1) is 122 Å². The summed E-state index contributed by atoms with van der Waals surface area (Å²) in [6, 6.07) is 78.1. The van der Waals surface area contributed by atoms with Gasteiger partial charge in [-0.05, 0) is 176 Å². The van der Waals surface area contributed by atoms with Gasteiger partial charge in [0.25, 0.3) is 76.8 Å². The molecule has 0 saturated heterocycles. The van der Waals surface area contributed by atoms with Crippen molar-refractivity contribution < 1.29 is 62.3 Å². The fourth-order valence-electron chi connectivity index (χ4n) is 14.5. The van der Waals surface area contributed by atoms with Crippen LogP contribution in [0.3, 0.4) is 0 Å². The Morgan fingerprint density at radius 2 is 0.417 bits per heavy atom. The maximum absolute atomic E-state index is 12.8. The van der Waals surface area contributed by atoms with Crippen LogP contribution < -0.4 is 70.0 Å². The quantitative estimate of drug-likeness (QED) is 0.0340. The molecule has 36 nitrogen and oxygen atoms in total. The lowest BCUT2D eigenvalue weighted by atomic mass is 10.1. The van der Waals surface area contributed by atoms with E-state index in [0.717, 1.165) is 25.3 Å². The summed E-state index contributed by atoms with van der Waals surface area (Å²) in [4.78, 5) is 206. The third kappa shape index (κ3) is 19.9. The highest BCUT2D eigenvalue weighted by molar-refractivity contribution is 6.38. The van der Waals surface area contributed by atoms with Gasteiger partial charge in [0, 0.05) is 22.7 Å². The Balaban J connectivity index is 0.000000137. The molecule has 0 bridgehead atoms. The van der Waals surface area contributed by atoms with E-state index in [4.69, 9.17) is 57.6 Å². The molecule has 0 spiro atoms. The van der Waals surface area contributed by atoms with Gasteiger partial charge < -0.3 is 50.4 Å². The Labute approximate surface area is 799 Å². The molecule has 0 saturated carbocycles. The number of rotatable bonds is 15. The molecule has 4 aliphatic rings. The number of imide groups is 4. The van der Waals surface area contributed by atoms with E-state index < -0.39 is 76.8 Å². The van der Waals surface area contributed by atoms with Crippen LogP contribution in [-0.2, 0) is 0 Å². The number of primary amides is 5. The van der Waals surface area contributed by atoms with Crippen molar-refractivity contribution in [3.05, 3.63) is 362 Å². The van der Waals surface area contributed by atoms with E-state index in [1.165, 1.54) is 12.1 Å².